The van der Waals surface area contributed by atoms with E-state index in [4.69, 9.17) is 9.26 Å². The molecule has 2 rings (SSSR count). The lowest BCUT2D eigenvalue weighted by Crippen LogP contribution is -2.22. The lowest BCUT2D eigenvalue weighted by Gasteiger charge is -2.22. The predicted molar refractivity (Wildman–Crippen MR) is 85.7 cm³/mol. The highest BCUT2D eigenvalue weighted by Crippen LogP contribution is 2.23. The first-order valence-electron chi connectivity index (χ1n) is 7.26. The van der Waals surface area contributed by atoms with E-state index in [9.17, 15) is 4.79 Å². The third-order valence-corrected chi connectivity index (χ3v) is 3.51. The first-order chi connectivity index (χ1) is 10.6. The van der Waals surface area contributed by atoms with Crippen LogP contribution in [0.15, 0.2) is 28.8 Å². The van der Waals surface area contributed by atoms with Crippen LogP contribution in [-0.4, -0.2) is 31.3 Å². The van der Waals surface area contributed by atoms with Gasteiger partial charge in [-0.3, -0.25) is 4.79 Å². The standard InChI is InChI=1S/C16H21N3O3/c1-5-19(6-2)12-7-8-13(11(3)9-12)17-16(20)14-10-15(21-4)18-22-14/h7-10H,5-6H2,1-4H3,(H,17,20). The van der Waals surface area contributed by atoms with Crippen LogP contribution in [0.2, 0.25) is 0 Å². The second kappa shape index (κ2) is 6.98. The van der Waals surface area contributed by atoms with Crippen LogP contribution in [0.3, 0.4) is 0 Å². The number of methoxy groups -OCH3 is 1. The molecule has 1 aromatic heterocycles. The van der Waals surface area contributed by atoms with Crippen molar-refractivity contribution in [3.05, 3.63) is 35.6 Å². The zero-order valence-corrected chi connectivity index (χ0v) is 13.3. The molecule has 0 atom stereocenters. The number of rotatable bonds is 6. The number of anilines is 2. The van der Waals surface area contributed by atoms with E-state index < -0.39 is 0 Å². The largest absolute Gasteiger partial charge is 0.479 e. The number of hydrogen-bond acceptors (Lipinski definition) is 5. The molecule has 0 spiro atoms. The predicted octanol–water partition coefficient (Wildman–Crippen LogP) is 3.09. The maximum atomic E-state index is 12.1. The van der Waals surface area contributed by atoms with E-state index in [0.29, 0.717) is 0 Å². The van der Waals surface area contributed by atoms with Crippen LogP contribution in [0.4, 0.5) is 11.4 Å². The van der Waals surface area contributed by atoms with Gasteiger partial charge in [0.1, 0.15) is 0 Å². The number of carbonyl (C=O) groups is 1. The van der Waals surface area contributed by atoms with Crippen LogP contribution in [0.5, 0.6) is 5.88 Å². The Balaban J connectivity index is 2.14. The van der Waals surface area contributed by atoms with Crippen LogP contribution in [0.25, 0.3) is 0 Å². The van der Waals surface area contributed by atoms with Gasteiger partial charge in [0.15, 0.2) is 0 Å². The van der Waals surface area contributed by atoms with Crippen molar-refractivity contribution < 1.29 is 14.1 Å². The average Bonchev–Trinajstić information content (AvgIpc) is 3.00. The smallest absolute Gasteiger partial charge is 0.294 e. The molecule has 6 nitrogen and oxygen atoms in total. The first-order valence-corrected chi connectivity index (χ1v) is 7.26. The maximum Gasteiger partial charge on any atom is 0.294 e. The number of amides is 1. The monoisotopic (exact) mass is 303 g/mol. The van der Waals surface area contributed by atoms with Gasteiger partial charge in [0.2, 0.25) is 5.76 Å². The number of hydrogen-bond donors (Lipinski definition) is 1. The summed E-state index contributed by atoms with van der Waals surface area (Å²) in [6.45, 7) is 8.08. The lowest BCUT2D eigenvalue weighted by atomic mass is 10.1. The third-order valence-electron chi connectivity index (χ3n) is 3.51. The Kier molecular flexibility index (Phi) is 5.04. The van der Waals surface area contributed by atoms with Gasteiger partial charge in [0, 0.05) is 24.5 Å². The van der Waals surface area contributed by atoms with Crippen LogP contribution in [0.1, 0.15) is 30.0 Å². The Morgan fingerprint density at radius 1 is 1.32 bits per heavy atom. The van der Waals surface area contributed by atoms with Gasteiger partial charge in [-0.1, -0.05) is 0 Å². The van der Waals surface area contributed by atoms with E-state index in [1.807, 2.05) is 19.1 Å². The van der Waals surface area contributed by atoms with Gasteiger partial charge >= 0.3 is 0 Å². The number of nitrogens with one attached hydrogen (secondary N) is 1. The first kappa shape index (κ1) is 15.9. The second-order valence-corrected chi connectivity index (χ2v) is 4.86. The summed E-state index contributed by atoms with van der Waals surface area (Å²) in [5.41, 5.74) is 2.88. The van der Waals surface area contributed by atoms with Crippen molar-refractivity contribution in [1.82, 2.24) is 5.16 Å². The number of benzene rings is 1. The molecule has 0 fully saturated rings. The Morgan fingerprint density at radius 2 is 2.05 bits per heavy atom. The van der Waals surface area contributed by atoms with E-state index >= 15 is 0 Å². The second-order valence-electron chi connectivity index (χ2n) is 4.86. The number of aromatic nitrogens is 1. The highest BCUT2D eigenvalue weighted by molar-refractivity contribution is 6.02. The molecule has 0 aliphatic heterocycles. The highest BCUT2D eigenvalue weighted by Gasteiger charge is 2.15. The van der Waals surface area contributed by atoms with Crippen molar-refractivity contribution in [1.29, 1.82) is 0 Å². The molecule has 118 valence electrons. The van der Waals surface area contributed by atoms with E-state index in [1.54, 1.807) is 0 Å². The normalized spacial score (nSPS) is 10.4. The summed E-state index contributed by atoms with van der Waals surface area (Å²) in [5.74, 6) is 0.0392. The van der Waals surface area contributed by atoms with Gasteiger partial charge in [0.05, 0.1) is 13.2 Å². The van der Waals surface area contributed by atoms with Crippen molar-refractivity contribution in [3.8, 4) is 5.88 Å². The Bertz CT molecular complexity index is 648. The quantitative estimate of drug-likeness (QED) is 0.888. The summed E-state index contributed by atoms with van der Waals surface area (Å²) in [6, 6.07) is 7.41. The summed E-state index contributed by atoms with van der Waals surface area (Å²) in [6.07, 6.45) is 0. The minimum absolute atomic E-state index is 0.115. The fourth-order valence-electron chi connectivity index (χ4n) is 2.22. The van der Waals surface area contributed by atoms with E-state index in [0.717, 1.165) is 30.0 Å². The minimum atomic E-state index is -0.352. The van der Waals surface area contributed by atoms with Gasteiger partial charge in [-0.15, -0.1) is 0 Å². The molecule has 1 aromatic carbocycles. The summed E-state index contributed by atoms with van der Waals surface area (Å²) in [5, 5.41) is 6.43. The fourth-order valence-corrected chi connectivity index (χ4v) is 2.22. The van der Waals surface area contributed by atoms with E-state index in [-0.39, 0.29) is 17.5 Å². The summed E-state index contributed by atoms with van der Waals surface area (Å²) in [4.78, 5) is 14.4. The number of ether oxygens (including phenoxy) is 1. The van der Waals surface area contributed by atoms with Crippen LogP contribution in [-0.2, 0) is 0 Å². The zero-order valence-electron chi connectivity index (χ0n) is 13.3. The summed E-state index contributed by atoms with van der Waals surface area (Å²) < 4.78 is 9.83. The van der Waals surface area contributed by atoms with Gasteiger partial charge in [0.25, 0.3) is 11.8 Å². The van der Waals surface area contributed by atoms with Crippen LogP contribution < -0.4 is 15.0 Å². The molecule has 1 N–H and O–H groups in total. The van der Waals surface area contributed by atoms with Crippen molar-refractivity contribution in [2.24, 2.45) is 0 Å². The topological polar surface area (TPSA) is 67.6 Å². The molecule has 0 saturated heterocycles. The van der Waals surface area contributed by atoms with Crippen LogP contribution >= 0.6 is 0 Å². The van der Waals surface area contributed by atoms with Crippen molar-refractivity contribution in [2.45, 2.75) is 20.8 Å². The minimum Gasteiger partial charge on any atom is -0.479 e. The molecule has 0 unspecified atom stereocenters. The third kappa shape index (κ3) is 3.39. The molecule has 0 bridgehead atoms. The molecular weight excluding hydrogens is 282 g/mol. The van der Waals surface area contributed by atoms with Crippen molar-refractivity contribution >= 4 is 17.3 Å². The molecule has 6 heteroatoms. The molecule has 0 aliphatic carbocycles. The summed E-state index contributed by atoms with van der Waals surface area (Å²) >= 11 is 0. The highest BCUT2D eigenvalue weighted by atomic mass is 16.5. The van der Waals surface area contributed by atoms with E-state index in [1.165, 1.54) is 13.2 Å². The SMILES string of the molecule is CCN(CC)c1ccc(NC(=O)c2cc(OC)no2)c(C)c1. The fraction of sp³-hybridized carbons (Fsp3) is 0.375. The van der Waals surface area contributed by atoms with Gasteiger partial charge < -0.3 is 19.5 Å². The number of nitrogens with zero attached hydrogens (tertiary/aromatic N) is 2. The zero-order chi connectivity index (χ0) is 16.1. The van der Waals surface area contributed by atoms with Crippen LogP contribution in [0, 0.1) is 6.92 Å². The Hall–Kier alpha value is -2.50. The van der Waals surface area contributed by atoms with Gasteiger partial charge in [-0.05, 0) is 49.7 Å². The summed E-state index contributed by atoms with van der Waals surface area (Å²) in [7, 11) is 1.47. The lowest BCUT2D eigenvalue weighted by molar-refractivity contribution is 0.0987. The Morgan fingerprint density at radius 3 is 2.59 bits per heavy atom. The molecule has 0 saturated carbocycles. The van der Waals surface area contributed by atoms with Gasteiger partial charge in [-0.2, -0.15) is 0 Å². The molecule has 22 heavy (non-hydrogen) atoms. The average molecular weight is 303 g/mol. The number of aryl methyl sites for hydroxylation is 1. The molecule has 0 aliphatic rings. The molecule has 0 radical (unpaired) electrons. The van der Waals surface area contributed by atoms with Crippen molar-refractivity contribution in [3.63, 3.8) is 0 Å². The molecular formula is C16H21N3O3. The van der Waals surface area contributed by atoms with Gasteiger partial charge in [-0.25, -0.2) is 0 Å². The van der Waals surface area contributed by atoms with Crippen molar-refractivity contribution in [2.75, 3.05) is 30.4 Å². The maximum absolute atomic E-state index is 12.1. The Labute approximate surface area is 130 Å². The molecule has 1 heterocycles. The molecule has 2 aromatic rings. The van der Waals surface area contributed by atoms with E-state index in [2.05, 4.69) is 35.3 Å². The number of carbonyl (C=O) groups excluding carboxylic acids is 1. The molecule has 1 amide bonds.